The van der Waals surface area contributed by atoms with Crippen LogP contribution in [0.15, 0.2) is 36.4 Å². The van der Waals surface area contributed by atoms with E-state index in [0.717, 1.165) is 18.5 Å². The van der Waals surface area contributed by atoms with Crippen molar-refractivity contribution in [3.63, 3.8) is 0 Å². The van der Waals surface area contributed by atoms with Gasteiger partial charge in [-0.05, 0) is 96.0 Å². The minimum Gasteiger partial charge on any atom is -0.323 e. The zero-order valence-corrected chi connectivity index (χ0v) is 19.8. The molecule has 1 aromatic heterocycles. The number of imidazole rings is 1. The van der Waals surface area contributed by atoms with E-state index in [2.05, 4.69) is 94.7 Å². The fourth-order valence-electron chi connectivity index (χ4n) is 5.57. The summed E-state index contributed by atoms with van der Waals surface area (Å²) >= 11 is 0. The van der Waals surface area contributed by atoms with Crippen molar-refractivity contribution < 1.29 is 0 Å². The third kappa shape index (κ3) is 4.46. The van der Waals surface area contributed by atoms with Crippen LogP contribution in [0.25, 0.3) is 11.0 Å². The predicted molar refractivity (Wildman–Crippen MR) is 127 cm³/mol. The van der Waals surface area contributed by atoms with Gasteiger partial charge in [-0.15, -0.1) is 0 Å². The van der Waals surface area contributed by atoms with Crippen LogP contribution >= 0.6 is 0 Å². The van der Waals surface area contributed by atoms with Crippen LogP contribution in [0.1, 0.15) is 68.6 Å². The molecule has 2 heterocycles. The lowest BCUT2D eigenvalue weighted by Gasteiger charge is -2.46. The molecular weight excluding hydrogens is 366 g/mol. The summed E-state index contributed by atoms with van der Waals surface area (Å²) in [6.45, 7) is 16.8. The average Bonchev–Trinajstić information content (AvgIpc) is 2.91. The largest absolute Gasteiger partial charge is 0.323 e. The zero-order chi connectivity index (χ0) is 21.7. The van der Waals surface area contributed by atoms with Gasteiger partial charge < -0.3 is 9.88 Å². The number of hydrogen-bond acceptors (Lipinski definition) is 2. The molecule has 0 bridgehead atoms. The van der Waals surface area contributed by atoms with Crippen molar-refractivity contribution in [1.29, 1.82) is 0 Å². The molecule has 1 saturated heterocycles. The van der Waals surface area contributed by atoms with Crippen LogP contribution in [0.5, 0.6) is 0 Å². The zero-order valence-electron chi connectivity index (χ0n) is 19.8. The van der Waals surface area contributed by atoms with E-state index in [1.165, 1.54) is 46.4 Å². The number of aryl methyl sites for hydroxylation is 3. The molecule has 1 aliphatic heterocycles. The second-order valence-corrected chi connectivity index (χ2v) is 10.9. The number of aromatic nitrogens is 2. The van der Waals surface area contributed by atoms with Crippen LogP contribution < -0.4 is 5.32 Å². The maximum atomic E-state index is 5.16. The van der Waals surface area contributed by atoms with Crippen LogP contribution in [0.2, 0.25) is 0 Å². The Bertz CT molecular complexity index is 1040. The Balaban J connectivity index is 1.73. The van der Waals surface area contributed by atoms with Gasteiger partial charge in [-0.3, -0.25) is 0 Å². The summed E-state index contributed by atoms with van der Waals surface area (Å²) in [6.07, 6.45) is 3.40. The van der Waals surface area contributed by atoms with Crippen LogP contribution in [-0.2, 0) is 13.0 Å². The Morgan fingerprint density at radius 3 is 2.17 bits per heavy atom. The van der Waals surface area contributed by atoms with Gasteiger partial charge in [0.25, 0.3) is 0 Å². The minimum absolute atomic E-state index is 0.160. The molecule has 0 radical (unpaired) electrons. The number of rotatable bonds is 4. The third-order valence-corrected chi connectivity index (χ3v) is 6.65. The number of hydrogen-bond donors (Lipinski definition) is 1. The molecule has 3 heteroatoms. The van der Waals surface area contributed by atoms with Gasteiger partial charge in [0.2, 0.25) is 0 Å². The van der Waals surface area contributed by atoms with Crippen molar-refractivity contribution in [2.24, 2.45) is 5.92 Å². The number of nitrogens with one attached hydrogen (secondary N) is 1. The molecule has 3 nitrogen and oxygen atoms in total. The predicted octanol–water partition coefficient (Wildman–Crippen LogP) is 6.11. The smallest absolute Gasteiger partial charge is 0.110 e. The molecule has 2 aromatic carbocycles. The summed E-state index contributed by atoms with van der Waals surface area (Å²) in [5.41, 5.74) is 8.02. The molecule has 30 heavy (non-hydrogen) atoms. The van der Waals surface area contributed by atoms with Crippen LogP contribution in [0.3, 0.4) is 0 Å². The second kappa shape index (κ2) is 7.53. The standard InChI is InChI=1S/C27H37N3/c1-18-8-10-21(11-9-18)17-30-24-13-20(3)19(2)12-23(24)28-25(30)14-22-15-26(4,5)29-27(6,7)16-22/h8-13,22,29H,14-17H2,1-7H3. The van der Waals surface area contributed by atoms with Gasteiger partial charge in [0.05, 0.1) is 11.0 Å². The first-order chi connectivity index (χ1) is 14.0. The summed E-state index contributed by atoms with van der Waals surface area (Å²) in [4.78, 5) is 5.16. The van der Waals surface area contributed by atoms with Gasteiger partial charge in [-0.1, -0.05) is 29.8 Å². The van der Waals surface area contributed by atoms with Crippen LogP contribution in [-0.4, -0.2) is 20.6 Å². The quantitative estimate of drug-likeness (QED) is 0.569. The molecule has 0 saturated carbocycles. The molecule has 0 atom stereocenters. The van der Waals surface area contributed by atoms with E-state index in [9.17, 15) is 0 Å². The molecule has 4 rings (SSSR count). The van der Waals surface area contributed by atoms with Gasteiger partial charge in [-0.25, -0.2) is 4.98 Å². The van der Waals surface area contributed by atoms with Gasteiger partial charge in [0.1, 0.15) is 5.82 Å². The molecule has 1 aliphatic rings. The monoisotopic (exact) mass is 403 g/mol. The summed E-state index contributed by atoms with van der Waals surface area (Å²) < 4.78 is 2.47. The minimum atomic E-state index is 0.160. The Hall–Kier alpha value is -2.13. The first-order valence-electron chi connectivity index (χ1n) is 11.3. The highest BCUT2D eigenvalue weighted by atomic mass is 15.1. The highest BCUT2D eigenvalue weighted by molar-refractivity contribution is 5.78. The molecule has 0 spiro atoms. The summed E-state index contributed by atoms with van der Waals surface area (Å²) in [7, 11) is 0. The second-order valence-electron chi connectivity index (χ2n) is 10.9. The fraction of sp³-hybridized carbons (Fsp3) is 0.519. The fourth-order valence-corrected chi connectivity index (χ4v) is 5.57. The average molecular weight is 404 g/mol. The van der Waals surface area contributed by atoms with Gasteiger partial charge >= 0.3 is 0 Å². The Morgan fingerprint density at radius 1 is 0.933 bits per heavy atom. The number of benzene rings is 2. The van der Waals surface area contributed by atoms with Crippen molar-refractivity contribution in [1.82, 2.24) is 14.9 Å². The van der Waals surface area contributed by atoms with Crippen molar-refractivity contribution in [3.8, 4) is 0 Å². The van der Waals surface area contributed by atoms with E-state index in [4.69, 9.17) is 4.98 Å². The normalized spacial score (nSPS) is 18.8. The Morgan fingerprint density at radius 2 is 1.53 bits per heavy atom. The summed E-state index contributed by atoms with van der Waals surface area (Å²) in [5, 5.41) is 3.82. The molecule has 1 N–H and O–H groups in total. The van der Waals surface area contributed by atoms with Crippen LogP contribution in [0, 0.1) is 26.7 Å². The van der Waals surface area contributed by atoms with Crippen molar-refractivity contribution in [2.45, 2.75) is 85.4 Å². The van der Waals surface area contributed by atoms with Crippen molar-refractivity contribution in [3.05, 3.63) is 64.5 Å². The molecule has 160 valence electrons. The van der Waals surface area contributed by atoms with Gasteiger partial charge in [0, 0.05) is 24.0 Å². The number of fused-ring (bicyclic) bond motifs is 1. The molecule has 3 aromatic rings. The van der Waals surface area contributed by atoms with E-state index in [1.807, 2.05) is 0 Å². The molecule has 0 unspecified atom stereocenters. The van der Waals surface area contributed by atoms with E-state index < -0.39 is 0 Å². The molecule has 0 amide bonds. The van der Waals surface area contributed by atoms with Gasteiger partial charge in [-0.2, -0.15) is 0 Å². The Kier molecular flexibility index (Phi) is 5.30. The highest BCUT2D eigenvalue weighted by Gasteiger charge is 2.38. The Labute approximate surface area is 181 Å². The SMILES string of the molecule is Cc1ccc(Cn2c(CC3CC(C)(C)NC(C)(C)C3)nc3cc(C)c(C)cc32)cc1. The maximum Gasteiger partial charge on any atom is 0.110 e. The molecule has 1 fully saturated rings. The lowest BCUT2D eigenvalue weighted by Crippen LogP contribution is -2.58. The number of piperidine rings is 1. The molecular formula is C27H37N3. The van der Waals surface area contributed by atoms with E-state index in [0.29, 0.717) is 5.92 Å². The summed E-state index contributed by atoms with van der Waals surface area (Å²) in [6, 6.07) is 13.5. The first kappa shape index (κ1) is 21.1. The lowest BCUT2D eigenvalue weighted by molar-refractivity contribution is 0.127. The first-order valence-corrected chi connectivity index (χ1v) is 11.3. The molecule has 0 aliphatic carbocycles. The van der Waals surface area contributed by atoms with Crippen molar-refractivity contribution >= 4 is 11.0 Å². The maximum absolute atomic E-state index is 5.16. The lowest BCUT2D eigenvalue weighted by atomic mass is 9.74. The topological polar surface area (TPSA) is 29.9 Å². The van der Waals surface area contributed by atoms with Crippen molar-refractivity contribution in [2.75, 3.05) is 0 Å². The highest BCUT2D eigenvalue weighted by Crippen LogP contribution is 2.35. The third-order valence-electron chi connectivity index (χ3n) is 6.65. The van der Waals surface area contributed by atoms with E-state index >= 15 is 0 Å². The van der Waals surface area contributed by atoms with E-state index in [-0.39, 0.29) is 11.1 Å². The van der Waals surface area contributed by atoms with Gasteiger partial charge in [0.15, 0.2) is 0 Å². The number of nitrogens with zero attached hydrogens (tertiary/aromatic N) is 2. The van der Waals surface area contributed by atoms with E-state index in [1.54, 1.807) is 0 Å². The van der Waals surface area contributed by atoms with Crippen LogP contribution in [0.4, 0.5) is 0 Å². The summed E-state index contributed by atoms with van der Waals surface area (Å²) in [5.74, 6) is 1.86.